The number of amides is 1. The van der Waals surface area contributed by atoms with E-state index in [1.807, 2.05) is 24.3 Å². The minimum absolute atomic E-state index is 0.0697. The van der Waals surface area contributed by atoms with E-state index in [1.165, 1.54) is 6.92 Å². The van der Waals surface area contributed by atoms with Crippen LogP contribution in [0.15, 0.2) is 41.5 Å². The van der Waals surface area contributed by atoms with Crippen molar-refractivity contribution in [1.82, 2.24) is 19.7 Å². The van der Waals surface area contributed by atoms with Crippen molar-refractivity contribution in [2.75, 3.05) is 0 Å². The Balaban J connectivity index is 2.22. The molecular weight excluding hydrogens is 304 g/mol. The molecule has 6 heteroatoms. The molecule has 1 amide bonds. The zero-order valence-electron chi connectivity index (χ0n) is 13.8. The predicted molar refractivity (Wildman–Crippen MR) is 90.7 cm³/mol. The zero-order valence-corrected chi connectivity index (χ0v) is 13.8. The summed E-state index contributed by atoms with van der Waals surface area (Å²) in [7, 11) is 0. The maximum absolute atomic E-state index is 12.4. The van der Waals surface area contributed by atoms with Gasteiger partial charge in [-0.1, -0.05) is 38.1 Å². The highest BCUT2D eigenvalue weighted by Gasteiger charge is 2.48. The number of carbonyl (C=O) groups excluding carboxylic acids is 1. The van der Waals surface area contributed by atoms with Crippen LogP contribution in [0.3, 0.4) is 0 Å². The van der Waals surface area contributed by atoms with Gasteiger partial charge in [0.1, 0.15) is 5.54 Å². The van der Waals surface area contributed by atoms with Crippen molar-refractivity contribution in [1.29, 1.82) is 0 Å². The molecule has 0 aliphatic heterocycles. The largest absolute Gasteiger partial charge is 0.341 e. The van der Waals surface area contributed by atoms with Gasteiger partial charge in [-0.2, -0.15) is 0 Å². The van der Waals surface area contributed by atoms with Crippen LogP contribution in [0.4, 0.5) is 0 Å². The van der Waals surface area contributed by atoms with Gasteiger partial charge in [0, 0.05) is 24.9 Å². The molecule has 1 aromatic carbocycles. The van der Waals surface area contributed by atoms with E-state index in [-0.39, 0.29) is 17.4 Å². The predicted octanol–water partition coefficient (Wildman–Crippen LogP) is 2.04. The van der Waals surface area contributed by atoms with Crippen molar-refractivity contribution in [2.45, 2.75) is 26.3 Å². The van der Waals surface area contributed by atoms with Crippen molar-refractivity contribution >= 4 is 11.6 Å². The summed E-state index contributed by atoms with van der Waals surface area (Å²) in [6.07, 6.45) is 3.38. The molecule has 1 aliphatic rings. The Morgan fingerprint density at radius 2 is 2.08 bits per heavy atom. The molecule has 2 heterocycles. The molecule has 24 heavy (non-hydrogen) atoms. The second-order valence-corrected chi connectivity index (χ2v) is 6.49. The Kier molecular flexibility index (Phi) is 2.94. The quantitative estimate of drug-likeness (QED) is 0.758. The van der Waals surface area contributed by atoms with E-state index >= 15 is 0 Å². The molecule has 0 spiro atoms. The minimum Gasteiger partial charge on any atom is -0.341 e. The van der Waals surface area contributed by atoms with Gasteiger partial charge in [0.2, 0.25) is 11.6 Å². The number of hydrogen-bond donors (Lipinski definition) is 2. The van der Waals surface area contributed by atoms with E-state index in [4.69, 9.17) is 0 Å². The van der Waals surface area contributed by atoms with E-state index in [0.29, 0.717) is 5.65 Å². The molecule has 0 fully saturated rings. The van der Waals surface area contributed by atoms with Crippen LogP contribution < -0.4 is 10.9 Å². The summed E-state index contributed by atoms with van der Waals surface area (Å²) in [5.74, 6) is -0.0499. The minimum atomic E-state index is -0.721. The molecule has 2 aromatic heterocycles. The molecule has 6 nitrogen and oxygen atoms in total. The first-order chi connectivity index (χ1) is 11.5. The van der Waals surface area contributed by atoms with E-state index in [2.05, 4.69) is 29.1 Å². The Morgan fingerprint density at radius 1 is 1.33 bits per heavy atom. The van der Waals surface area contributed by atoms with E-state index in [9.17, 15) is 9.59 Å². The standard InChI is InChI=1S/C18H18N4O2/c1-10(2)18(21-11(3)23)13-7-5-4-6-12(13)14-15(18)22-9-8-19-16(22)17(24)20-14/h4-10H,1-3H3,(H,20,24)(H,21,23). The summed E-state index contributed by atoms with van der Waals surface area (Å²) in [6, 6.07) is 7.86. The number of aromatic nitrogens is 3. The number of aromatic amines is 1. The van der Waals surface area contributed by atoms with Gasteiger partial charge in [-0.25, -0.2) is 4.98 Å². The third-order valence-corrected chi connectivity index (χ3v) is 4.79. The molecule has 122 valence electrons. The molecule has 0 bridgehead atoms. The molecule has 2 N–H and O–H groups in total. The first-order valence-electron chi connectivity index (χ1n) is 7.95. The monoisotopic (exact) mass is 322 g/mol. The number of rotatable bonds is 2. The summed E-state index contributed by atoms with van der Waals surface area (Å²) in [5, 5.41) is 3.16. The summed E-state index contributed by atoms with van der Waals surface area (Å²) >= 11 is 0. The number of imidazole rings is 1. The topological polar surface area (TPSA) is 79.3 Å². The summed E-state index contributed by atoms with van der Waals surface area (Å²) in [6.45, 7) is 5.65. The Morgan fingerprint density at radius 3 is 2.79 bits per heavy atom. The van der Waals surface area contributed by atoms with Crippen molar-refractivity contribution in [2.24, 2.45) is 5.92 Å². The molecule has 4 rings (SSSR count). The van der Waals surface area contributed by atoms with Gasteiger partial charge in [-0.3, -0.25) is 14.0 Å². The fourth-order valence-electron chi connectivity index (χ4n) is 3.89. The van der Waals surface area contributed by atoms with Gasteiger partial charge >= 0.3 is 0 Å². The third-order valence-electron chi connectivity index (χ3n) is 4.79. The zero-order chi connectivity index (χ0) is 17.1. The second kappa shape index (κ2) is 4.80. The molecule has 3 aromatic rings. The number of benzene rings is 1. The summed E-state index contributed by atoms with van der Waals surface area (Å²) in [5.41, 5.74) is 2.88. The lowest BCUT2D eigenvalue weighted by Crippen LogP contribution is -2.49. The lowest BCUT2D eigenvalue weighted by Gasteiger charge is -2.36. The summed E-state index contributed by atoms with van der Waals surface area (Å²) in [4.78, 5) is 31.6. The fourth-order valence-corrected chi connectivity index (χ4v) is 3.89. The van der Waals surface area contributed by atoms with Crippen LogP contribution in [0, 0.1) is 5.92 Å². The highest BCUT2D eigenvalue weighted by atomic mass is 16.1. The van der Waals surface area contributed by atoms with Crippen LogP contribution in [0.1, 0.15) is 32.0 Å². The third kappa shape index (κ3) is 1.68. The first-order valence-corrected chi connectivity index (χ1v) is 7.95. The molecular formula is C18H18N4O2. The maximum atomic E-state index is 12.4. The smallest absolute Gasteiger partial charge is 0.292 e. The van der Waals surface area contributed by atoms with Crippen LogP contribution >= 0.6 is 0 Å². The lowest BCUT2D eigenvalue weighted by atomic mass is 9.80. The van der Waals surface area contributed by atoms with Gasteiger partial charge < -0.3 is 10.3 Å². The Bertz CT molecular complexity index is 1030. The first kappa shape index (κ1) is 14.7. The van der Waals surface area contributed by atoms with Crippen molar-refractivity contribution in [3.63, 3.8) is 0 Å². The van der Waals surface area contributed by atoms with Gasteiger partial charge in [0.15, 0.2) is 0 Å². The van der Waals surface area contributed by atoms with Gasteiger partial charge in [-0.05, 0) is 11.5 Å². The molecule has 1 unspecified atom stereocenters. The highest BCUT2D eigenvalue weighted by Crippen LogP contribution is 2.49. The number of nitrogens with one attached hydrogen (secondary N) is 2. The normalized spacial score (nSPS) is 18.7. The molecule has 0 saturated carbocycles. The Labute approximate surface area is 138 Å². The fraction of sp³-hybridized carbons (Fsp3) is 0.278. The average molecular weight is 322 g/mol. The van der Waals surface area contributed by atoms with E-state index < -0.39 is 5.54 Å². The lowest BCUT2D eigenvalue weighted by molar-refractivity contribution is -0.121. The number of H-pyrrole nitrogens is 1. The van der Waals surface area contributed by atoms with Crippen LogP contribution in [-0.2, 0) is 10.3 Å². The van der Waals surface area contributed by atoms with Crippen molar-refractivity contribution in [3.05, 3.63) is 58.3 Å². The van der Waals surface area contributed by atoms with Crippen molar-refractivity contribution < 1.29 is 4.79 Å². The molecule has 0 radical (unpaired) electrons. The number of hydrogen-bond acceptors (Lipinski definition) is 3. The number of fused-ring (bicyclic) bond motifs is 5. The SMILES string of the molecule is CC(=O)NC1(C(C)C)c2ccccc2-c2[nH]c(=O)c3nccn3c21. The molecule has 1 aliphatic carbocycles. The van der Waals surface area contributed by atoms with Crippen LogP contribution in [0.25, 0.3) is 16.9 Å². The van der Waals surface area contributed by atoms with Gasteiger partial charge in [-0.15, -0.1) is 0 Å². The second-order valence-electron chi connectivity index (χ2n) is 6.49. The molecule has 0 saturated heterocycles. The van der Waals surface area contributed by atoms with Crippen LogP contribution in [0.5, 0.6) is 0 Å². The van der Waals surface area contributed by atoms with Crippen molar-refractivity contribution in [3.8, 4) is 11.3 Å². The number of carbonyl (C=O) groups is 1. The van der Waals surface area contributed by atoms with Gasteiger partial charge in [0.25, 0.3) is 5.56 Å². The number of nitrogens with zero attached hydrogens (tertiary/aromatic N) is 2. The molecule has 1 atom stereocenters. The van der Waals surface area contributed by atoms with Gasteiger partial charge in [0.05, 0.1) is 11.4 Å². The summed E-state index contributed by atoms with van der Waals surface area (Å²) < 4.78 is 1.80. The van der Waals surface area contributed by atoms with E-state index in [1.54, 1.807) is 16.8 Å². The van der Waals surface area contributed by atoms with E-state index in [0.717, 1.165) is 22.5 Å². The van der Waals surface area contributed by atoms with Crippen LogP contribution in [-0.4, -0.2) is 20.3 Å². The van der Waals surface area contributed by atoms with Crippen LogP contribution in [0.2, 0.25) is 0 Å². The Hall–Kier alpha value is -2.89. The highest BCUT2D eigenvalue weighted by molar-refractivity contribution is 5.83. The average Bonchev–Trinajstić information content (AvgIpc) is 3.10. The maximum Gasteiger partial charge on any atom is 0.292 e.